The van der Waals surface area contributed by atoms with E-state index in [0.29, 0.717) is 17.1 Å². The summed E-state index contributed by atoms with van der Waals surface area (Å²) in [6.07, 6.45) is 0.317. The van der Waals surface area contributed by atoms with Crippen LogP contribution in [-0.2, 0) is 11.2 Å². The molecule has 1 amide bonds. The van der Waals surface area contributed by atoms with E-state index in [1.165, 1.54) is 5.39 Å². The summed E-state index contributed by atoms with van der Waals surface area (Å²) < 4.78 is 0.880. The molecule has 0 unspecified atom stereocenters. The first kappa shape index (κ1) is 15.1. The quantitative estimate of drug-likeness (QED) is 0.650. The van der Waals surface area contributed by atoms with Gasteiger partial charge in [0.25, 0.3) is 0 Å². The average Bonchev–Trinajstić information content (AvgIpc) is 2.50. The number of nitrogens with one attached hydrogen (secondary N) is 1. The Morgan fingerprint density at radius 2 is 1.77 bits per heavy atom. The van der Waals surface area contributed by atoms with Crippen molar-refractivity contribution >= 4 is 49.9 Å². The van der Waals surface area contributed by atoms with Crippen LogP contribution in [0.1, 0.15) is 5.56 Å². The number of carbonyl (C=O) groups is 1. The first-order valence-corrected chi connectivity index (χ1v) is 8.01. The number of amides is 1. The number of halogens is 2. The zero-order valence-electron chi connectivity index (χ0n) is 11.6. The lowest BCUT2D eigenvalue weighted by atomic mass is 10.0. The first-order chi connectivity index (χ1) is 10.6. The van der Waals surface area contributed by atoms with E-state index in [-0.39, 0.29) is 5.91 Å². The molecular formula is C18H13BrClNO. The van der Waals surface area contributed by atoms with Gasteiger partial charge >= 0.3 is 0 Å². The molecule has 4 heteroatoms. The van der Waals surface area contributed by atoms with Gasteiger partial charge in [-0.15, -0.1) is 0 Å². The van der Waals surface area contributed by atoms with Crippen molar-refractivity contribution in [2.24, 2.45) is 0 Å². The van der Waals surface area contributed by atoms with Gasteiger partial charge in [0.1, 0.15) is 0 Å². The molecule has 0 radical (unpaired) electrons. The Bertz CT molecular complexity index is 847. The van der Waals surface area contributed by atoms with Crippen LogP contribution in [0.2, 0.25) is 5.02 Å². The predicted octanol–water partition coefficient (Wildman–Crippen LogP) is 5.44. The molecule has 3 aromatic rings. The van der Waals surface area contributed by atoms with Gasteiger partial charge in [0, 0.05) is 4.47 Å². The Morgan fingerprint density at radius 1 is 1.00 bits per heavy atom. The maximum atomic E-state index is 12.2. The van der Waals surface area contributed by atoms with Crippen molar-refractivity contribution in [3.63, 3.8) is 0 Å². The van der Waals surface area contributed by atoms with Gasteiger partial charge in [-0.1, -0.05) is 70.0 Å². The fourth-order valence-electron chi connectivity index (χ4n) is 2.32. The lowest BCUT2D eigenvalue weighted by Crippen LogP contribution is -2.14. The Labute approximate surface area is 142 Å². The first-order valence-electron chi connectivity index (χ1n) is 6.84. The summed E-state index contributed by atoms with van der Waals surface area (Å²) in [4.78, 5) is 12.2. The summed E-state index contributed by atoms with van der Waals surface area (Å²) in [5, 5.41) is 5.66. The van der Waals surface area contributed by atoms with Crippen molar-refractivity contribution in [2.45, 2.75) is 6.42 Å². The molecule has 0 aromatic heterocycles. The monoisotopic (exact) mass is 373 g/mol. The normalized spacial score (nSPS) is 10.6. The number of carbonyl (C=O) groups excluding carboxylic acids is 1. The van der Waals surface area contributed by atoms with Gasteiger partial charge in [-0.05, 0) is 34.5 Å². The van der Waals surface area contributed by atoms with Gasteiger partial charge < -0.3 is 5.32 Å². The van der Waals surface area contributed by atoms with Crippen molar-refractivity contribution in [3.05, 3.63) is 75.7 Å². The van der Waals surface area contributed by atoms with Gasteiger partial charge in [-0.2, -0.15) is 0 Å². The van der Waals surface area contributed by atoms with Crippen LogP contribution in [0, 0.1) is 0 Å². The second-order valence-electron chi connectivity index (χ2n) is 5.03. The molecule has 0 aliphatic rings. The van der Waals surface area contributed by atoms with Crippen molar-refractivity contribution in [1.82, 2.24) is 0 Å². The van der Waals surface area contributed by atoms with Crippen molar-refractivity contribution in [3.8, 4) is 0 Å². The number of rotatable bonds is 3. The molecule has 22 heavy (non-hydrogen) atoms. The highest BCUT2D eigenvalue weighted by Crippen LogP contribution is 2.26. The van der Waals surface area contributed by atoms with Crippen LogP contribution in [0.3, 0.4) is 0 Å². The van der Waals surface area contributed by atoms with Crippen LogP contribution in [0.5, 0.6) is 0 Å². The summed E-state index contributed by atoms with van der Waals surface area (Å²) in [6, 6.07) is 19.5. The zero-order chi connectivity index (χ0) is 15.5. The summed E-state index contributed by atoms with van der Waals surface area (Å²) >= 11 is 9.45. The van der Waals surface area contributed by atoms with Crippen molar-refractivity contribution < 1.29 is 4.79 Å². The lowest BCUT2D eigenvalue weighted by Gasteiger charge is -2.08. The number of hydrogen-bond acceptors (Lipinski definition) is 1. The summed E-state index contributed by atoms with van der Waals surface area (Å²) in [5.41, 5.74) is 1.60. The molecule has 110 valence electrons. The van der Waals surface area contributed by atoms with E-state index in [1.54, 1.807) is 12.1 Å². The minimum atomic E-state index is -0.0838. The third-order valence-electron chi connectivity index (χ3n) is 3.38. The number of fused-ring (bicyclic) bond motifs is 1. The van der Waals surface area contributed by atoms with E-state index >= 15 is 0 Å². The Balaban J connectivity index is 1.75. The Morgan fingerprint density at radius 3 is 2.55 bits per heavy atom. The van der Waals surface area contributed by atoms with Gasteiger partial charge in [0.15, 0.2) is 0 Å². The second-order valence-corrected chi connectivity index (χ2v) is 6.35. The summed E-state index contributed by atoms with van der Waals surface area (Å²) in [7, 11) is 0. The third kappa shape index (κ3) is 3.49. The topological polar surface area (TPSA) is 29.1 Å². The summed E-state index contributed by atoms with van der Waals surface area (Å²) in [6.45, 7) is 0. The molecule has 0 saturated carbocycles. The number of benzene rings is 3. The molecule has 3 rings (SSSR count). The van der Waals surface area contributed by atoms with Crippen LogP contribution < -0.4 is 5.32 Å². The Kier molecular flexibility index (Phi) is 4.46. The van der Waals surface area contributed by atoms with E-state index in [1.807, 2.05) is 42.5 Å². The highest BCUT2D eigenvalue weighted by molar-refractivity contribution is 9.10. The lowest BCUT2D eigenvalue weighted by molar-refractivity contribution is -0.115. The van der Waals surface area contributed by atoms with E-state index in [2.05, 4.69) is 27.3 Å². The highest BCUT2D eigenvalue weighted by atomic mass is 79.9. The van der Waals surface area contributed by atoms with Crippen molar-refractivity contribution in [1.29, 1.82) is 0 Å². The maximum absolute atomic E-state index is 12.2. The van der Waals surface area contributed by atoms with Crippen LogP contribution in [0.15, 0.2) is 65.1 Å². The number of anilines is 1. The van der Waals surface area contributed by atoms with Gasteiger partial charge in [0.05, 0.1) is 17.1 Å². The second kappa shape index (κ2) is 6.51. The molecule has 0 bridgehead atoms. The molecule has 0 heterocycles. The fourth-order valence-corrected chi connectivity index (χ4v) is 3.04. The molecule has 2 nitrogen and oxygen atoms in total. The molecule has 0 saturated heterocycles. The minimum Gasteiger partial charge on any atom is -0.324 e. The maximum Gasteiger partial charge on any atom is 0.228 e. The molecule has 0 atom stereocenters. The predicted molar refractivity (Wildman–Crippen MR) is 95.4 cm³/mol. The van der Waals surface area contributed by atoms with E-state index in [9.17, 15) is 4.79 Å². The van der Waals surface area contributed by atoms with Crippen LogP contribution >= 0.6 is 27.5 Å². The van der Waals surface area contributed by atoms with Gasteiger partial charge in [0.2, 0.25) is 5.91 Å². The smallest absolute Gasteiger partial charge is 0.228 e. The molecular weight excluding hydrogens is 362 g/mol. The van der Waals surface area contributed by atoms with E-state index in [0.717, 1.165) is 15.4 Å². The van der Waals surface area contributed by atoms with Gasteiger partial charge in [-0.3, -0.25) is 4.79 Å². The standard InChI is InChI=1S/C18H13BrClNO/c19-15-7-8-17(16(20)11-15)21-18(22)10-12-5-6-13-3-1-2-4-14(13)9-12/h1-9,11H,10H2,(H,21,22). The van der Waals surface area contributed by atoms with Gasteiger partial charge in [-0.25, -0.2) is 0 Å². The average molecular weight is 375 g/mol. The van der Waals surface area contributed by atoms with Crippen LogP contribution in [0.4, 0.5) is 5.69 Å². The van der Waals surface area contributed by atoms with Crippen molar-refractivity contribution in [2.75, 3.05) is 5.32 Å². The SMILES string of the molecule is O=C(Cc1ccc2ccccc2c1)Nc1ccc(Br)cc1Cl. The molecule has 0 aliphatic heterocycles. The van der Waals surface area contributed by atoms with E-state index < -0.39 is 0 Å². The molecule has 0 fully saturated rings. The van der Waals surface area contributed by atoms with E-state index in [4.69, 9.17) is 11.6 Å². The highest BCUT2D eigenvalue weighted by Gasteiger charge is 2.08. The minimum absolute atomic E-state index is 0.0838. The molecule has 3 aromatic carbocycles. The zero-order valence-corrected chi connectivity index (χ0v) is 14.0. The third-order valence-corrected chi connectivity index (χ3v) is 4.19. The largest absolute Gasteiger partial charge is 0.324 e. The summed E-state index contributed by atoms with van der Waals surface area (Å²) in [5.74, 6) is -0.0838. The van der Waals surface area contributed by atoms with Crippen LogP contribution in [0.25, 0.3) is 10.8 Å². The fraction of sp³-hybridized carbons (Fsp3) is 0.0556. The number of hydrogen-bond donors (Lipinski definition) is 1. The van der Waals surface area contributed by atoms with Crippen LogP contribution in [-0.4, -0.2) is 5.91 Å². The molecule has 1 N–H and O–H groups in total. The molecule has 0 aliphatic carbocycles. The molecule has 0 spiro atoms. The Hall–Kier alpha value is -1.84.